The number of aromatic nitrogens is 1. The molecule has 17 nitrogen and oxygen atoms in total. The van der Waals surface area contributed by atoms with Gasteiger partial charge in [-0.25, -0.2) is 19.4 Å². The van der Waals surface area contributed by atoms with Crippen LogP contribution in [0.25, 0.3) is 17.2 Å². The molecule has 17 heteroatoms. The number of amides is 3. The van der Waals surface area contributed by atoms with E-state index in [1.165, 1.54) is 75.6 Å². The fourth-order valence-electron chi connectivity index (χ4n) is 5.25. The third-order valence-electron chi connectivity index (χ3n) is 8.55. The number of carbonyl (C=O) groups excluding carboxylic acids is 5. The zero-order valence-electron chi connectivity index (χ0n) is 31.8. The van der Waals surface area contributed by atoms with E-state index < -0.39 is 54.5 Å². The Morgan fingerprint density at radius 2 is 1.70 bits per heavy atom. The molecule has 1 atom stereocenters. The smallest absolute Gasteiger partial charge is 0.496 e. The number of hydrogen-bond donors (Lipinski definition) is 4. The summed E-state index contributed by atoms with van der Waals surface area (Å²) in [6.45, 7) is 9.96. The molecule has 3 amide bonds. The SMILES string of the molecule is C=Cc1cc(C(=O)Nc2ccc(C(=N)NC(=O)OCc3oc(=O)oc3C)cc2)c(-c2ccc(C(=O)NCC3CC3)nc2C(=O)OC(C)OC(=O)C(C)C)cc1OC. The van der Waals surface area contributed by atoms with Gasteiger partial charge in [-0.15, -0.1) is 0 Å². The van der Waals surface area contributed by atoms with Crippen LogP contribution < -0.4 is 26.5 Å². The standard InChI is InChI=1S/C40H41N5O12/c1-7-24-16-29(35(46)43-26-12-10-25(11-13-26)34(41)45-39(50)53-19-32-21(4)54-40(51)57-32)28(17-31(24)52-6)27-14-15-30(36(47)42-18-23-8-9-23)44-33(27)38(49)56-22(5)55-37(48)20(2)3/h7,10-17,20,22-23H,1,8-9,18-19H2,2-6H3,(H,42,47)(H,43,46)(H2,41,45,50). The first kappa shape index (κ1) is 41.1. The molecule has 0 bridgehead atoms. The number of aryl methyl sites for hydroxylation is 1. The van der Waals surface area contributed by atoms with E-state index in [2.05, 4.69) is 27.5 Å². The number of amidine groups is 1. The second kappa shape index (κ2) is 18.1. The lowest BCUT2D eigenvalue weighted by atomic mass is 9.94. The summed E-state index contributed by atoms with van der Waals surface area (Å²) in [5.41, 5.74) is 0.934. The van der Waals surface area contributed by atoms with Crippen LogP contribution in [0.2, 0.25) is 0 Å². The monoisotopic (exact) mass is 783 g/mol. The van der Waals surface area contributed by atoms with Crippen LogP contribution in [0.4, 0.5) is 10.5 Å². The molecule has 0 radical (unpaired) electrons. The summed E-state index contributed by atoms with van der Waals surface area (Å²) in [4.78, 5) is 80.9. The molecule has 57 heavy (non-hydrogen) atoms. The van der Waals surface area contributed by atoms with Crippen molar-refractivity contribution < 1.29 is 51.8 Å². The van der Waals surface area contributed by atoms with Crippen molar-refractivity contribution in [1.29, 1.82) is 5.41 Å². The zero-order valence-corrected chi connectivity index (χ0v) is 31.8. The Balaban J connectivity index is 1.41. The number of hydrogen-bond acceptors (Lipinski definition) is 14. The predicted octanol–water partition coefficient (Wildman–Crippen LogP) is 5.60. The molecule has 298 valence electrons. The summed E-state index contributed by atoms with van der Waals surface area (Å²) in [7, 11) is 1.42. The van der Waals surface area contributed by atoms with Crippen molar-refractivity contribution in [2.75, 3.05) is 19.0 Å². The Labute approximate surface area is 326 Å². The predicted molar refractivity (Wildman–Crippen MR) is 204 cm³/mol. The number of methoxy groups -OCH3 is 1. The molecular formula is C40H41N5O12. The van der Waals surface area contributed by atoms with Crippen LogP contribution in [0.15, 0.2) is 68.7 Å². The van der Waals surface area contributed by atoms with E-state index in [0.717, 1.165) is 12.8 Å². The van der Waals surface area contributed by atoms with Crippen LogP contribution in [0.3, 0.4) is 0 Å². The molecule has 0 spiro atoms. The Morgan fingerprint density at radius 3 is 2.32 bits per heavy atom. The van der Waals surface area contributed by atoms with Crippen molar-refractivity contribution in [2.24, 2.45) is 11.8 Å². The third kappa shape index (κ3) is 10.6. The van der Waals surface area contributed by atoms with Crippen molar-refractivity contribution >= 4 is 47.4 Å². The van der Waals surface area contributed by atoms with E-state index in [9.17, 15) is 28.8 Å². The van der Waals surface area contributed by atoms with Gasteiger partial charge >= 0.3 is 23.9 Å². The lowest BCUT2D eigenvalue weighted by Gasteiger charge is -2.19. The molecule has 2 heterocycles. The van der Waals surface area contributed by atoms with Gasteiger partial charge in [0.1, 0.15) is 17.3 Å². The molecule has 2 aromatic carbocycles. The van der Waals surface area contributed by atoms with Gasteiger partial charge in [0.15, 0.2) is 23.8 Å². The molecule has 1 unspecified atom stereocenters. The minimum Gasteiger partial charge on any atom is -0.496 e. The molecule has 2 aromatic heterocycles. The molecule has 1 aliphatic rings. The highest BCUT2D eigenvalue weighted by Gasteiger charge is 2.28. The summed E-state index contributed by atoms with van der Waals surface area (Å²) in [5, 5.41) is 16.1. The summed E-state index contributed by atoms with van der Waals surface area (Å²) in [6.07, 6.45) is 1.19. The number of anilines is 1. The third-order valence-corrected chi connectivity index (χ3v) is 8.55. The van der Waals surface area contributed by atoms with Crippen LogP contribution >= 0.6 is 0 Å². The molecule has 0 aliphatic heterocycles. The van der Waals surface area contributed by atoms with Crippen molar-refractivity contribution in [2.45, 2.75) is 53.4 Å². The molecule has 4 aromatic rings. The first-order valence-corrected chi connectivity index (χ1v) is 17.8. The average Bonchev–Trinajstić information content (AvgIpc) is 3.96. The minimum atomic E-state index is -1.31. The minimum absolute atomic E-state index is 0.0250. The van der Waals surface area contributed by atoms with Crippen molar-refractivity contribution in [3.63, 3.8) is 0 Å². The first-order chi connectivity index (χ1) is 27.2. The molecule has 0 saturated heterocycles. The zero-order chi connectivity index (χ0) is 41.4. The topological polar surface area (TPSA) is 238 Å². The summed E-state index contributed by atoms with van der Waals surface area (Å²) < 4.78 is 30.8. The summed E-state index contributed by atoms with van der Waals surface area (Å²) in [6, 6.07) is 11.8. The second-order valence-corrected chi connectivity index (χ2v) is 13.2. The highest BCUT2D eigenvalue weighted by Crippen LogP contribution is 2.35. The van der Waals surface area contributed by atoms with Gasteiger partial charge in [0, 0.05) is 47.0 Å². The van der Waals surface area contributed by atoms with Gasteiger partial charge in [0.2, 0.25) is 6.29 Å². The fraction of sp³-hybridized carbons (Fsp3) is 0.300. The van der Waals surface area contributed by atoms with Gasteiger partial charge in [-0.05, 0) is 74.2 Å². The van der Waals surface area contributed by atoms with E-state index in [0.29, 0.717) is 29.5 Å². The molecule has 5 rings (SSSR count). The van der Waals surface area contributed by atoms with Gasteiger partial charge in [0.25, 0.3) is 11.8 Å². The van der Waals surface area contributed by atoms with Gasteiger partial charge in [-0.3, -0.25) is 25.1 Å². The van der Waals surface area contributed by atoms with E-state index >= 15 is 0 Å². The van der Waals surface area contributed by atoms with Gasteiger partial charge < -0.3 is 38.4 Å². The fourth-order valence-corrected chi connectivity index (χ4v) is 5.25. The summed E-state index contributed by atoms with van der Waals surface area (Å²) >= 11 is 0. The number of carbonyl (C=O) groups is 5. The number of pyridine rings is 1. The normalized spacial score (nSPS) is 12.5. The molecule has 4 N–H and O–H groups in total. The number of nitrogens with one attached hydrogen (secondary N) is 4. The van der Waals surface area contributed by atoms with Crippen LogP contribution in [0, 0.1) is 24.2 Å². The van der Waals surface area contributed by atoms with Crippen molar-refractivity contribution in [1.82, 2.24) is 15.6 Å². The van der Waals surface area contributed by atoms with E-state index in [4.69, 9.17) is 33.2 Å². The Kier molecular flexibility index (Phi) is 13.0. The van der Waals surface area contributed by atoms with Crippen molar-refractivity contribution in [3.8, 4) is 16.9 Å². The lowest BCUT2D eigenvalue weighted by molar-refractivity contribution is -0.169. The number of rotatable bonds is 15. The maximum Gasteiger partial charge on any atom is 0.519 e. The number of ether oxygens (including phenoxy) is 4. The van der Waals surface area contributed by atoms with E-state index in [-0.39, 0.29) is 51.0 Å². The number of alkyl carbamates (subject to hydrolysis) is 1. The highest BCUT2D eigenvalue weighted by molar-refractivity contribution is 6.11. The molecular weight excluding hydrogens is 742 g/mol. The Morgan fingerprint density at radius 1 is 0.982 bits per heavy atom. The van der Waals surface area contributed by atoms with E-state index in [1.54, 1.807) is 13.8 Å². The Bertz CT molecular complexity index is 2270. The van der Waals surface area contributed by atoms with Crippen LogP contribution in [-0.4, -0.2) is 60.6 Å². The molecule has 1 fully saturated rings. The quantitative estimate of drug-likeness (QED) is 0.0498. The highest BCUT2D eigenvalue weighted by atomic mass is 16.7. The van der Waals surface area contributed by atoms with Crippen LogP contribution in [0.5, 0.6) is 5.75 Å². The molecule has 1 aliphatic carbocycles. The number of nitrogens with zero attached hydrogens (tertiary/aromatic N) is 1. The van der Waals surface area contributed by atoms with E-state index in [1.807, 2.05) is 0 Å². The van der Waals surface area contributed by atoms with Gasteiger partial charge in [-0.2, -0.15) is 0 Å². The maximum atomic E-state index is 14.0. The second-order valence-electron chi connectivity index (χ2n) is 13.2. The average molecular weight is 784 g/mol. The summed E-state index contributed by atoms with van der Waals surface area (Å²) in [5.74, 6) is -3.65. The Hall–Kier alpha value is -7.04. The van der Waals surface area contributed by atoms with Gasteiger partial charge in [0.05, 0.1) is 13.0 Å². The van der Waals surface area contributed by atoms with Gasteiger partial charge in [-0.1, -0.05) is 26.5 Å². The maximum absolute atomic E-state index is 14.0. The largest absolute Gasteiger partial charge is 0.519 e. The lowest BCUT2D eigenvalue weighted by Crippen LogP contribution is -2.31. The van der Waals surface area contributed by atoms with Crippen LogP contribution in [0.1, 0.15) is 87.6 Å². The number of esters is 2. The van der Waals surface area contributed by atoms with Crippen LogP contribution in [-0.2, 0) is 25.6 Å². The number of benzene rings is 2. The van der Waals surface area contributed by atoms with Crippen molar-refractivity contribution in [3.05, 3.63) is 105 Å². The molecule has 1 saturated carbocycles. The first-order valence-electron chi connectivity index (χ1n) is 17.8.